The molecule has 8 heteroatoms. The highest BCUT2D eigenvalue weighted by molar-refractivity contribution is 7.13. The second-order valence-corrected chi connectivity index (χ2v) is 6.47. The Labute approximate surface area is 166 Å². The first-order chi connectivity index (χ1) is 13.6. The predicted molar refractivity (Wildman–Crippen MR) is 107 cm³/mol. The number of rotatable bonds is 8. The molecule has 0 spiro atoms. The standard InChI is InChI=1S/C20H20N2O5S/c1-24-15-9-7-13(8-10-15)21-20-22-14(12-28-20)11-27-19(23)16-5-4-6-17(25-2)18(16)26-3/h4-10,12H,11H2,1-3H3,(H,21,22). The van der Waals surface area contributed by atoms with Gasteiger partial charge in [0.15, 0.2) is 16.6 Å². The van der Waals surface area contributed by atoms with E-state index in [1.165, 1.54) is 25.6 Å². The number of carbonyl (C=O) groups excluding carboxylic acids is 1. The van der Waals surface area contributed by atoms with Crippen LogP contribution in [0, 0.1) is 0 Å². The van der Waals surface area contributed by atoms with E-state index >= 15 is 0 Å². The van der Waals surface area contributed by atoms with Gasteiger partial charge in [-0.1, -0.05) is 6.07 Å². The normalized spacial score (nSPS) is 10.2. The molecule has 3 rings (SSSR count). The second kappa shape index (κ2) is 9.09. The molecule has 0 aliphatic heterocycles. The number of anilines is 2. The lowest BCUT2D eigenvalue weighted by molar-refractivity contribution is 0.0464. The average molecular weight is 400 g/mol. The van der Waals surface area contributed by atoms with Crippen molar-refractivity contribution in [1.82, 2.24) is 4.98 Å². The molecular weight excluding hydrogens is 380 g/mol. The monoisotopic (exact) mass is 400 g/mol. The first-order valence-electron chi connectivity index (χ1n) is 8.38. The van der Waals surface area contributed by atoms with E-state index in [9.17, 15) is 4.79 Å². The van der Waals surface area contributed by atoms with E-state index in [-0.39, 0.29) is 6.61 Å². The molecule has 0 radical (unpaired) electrons. The van der Waals surface area contributed by atoms with Crippen molar-refractivity contribution >= 4 is 28.1 Å². The minimum absolute atomic E-state index is 0.0555. The molecule has 28 heavy (non-hydrogen) atoms. The highest BCUT2D eigenvalue weighted by Crippen LogP contribution is 2.31. The molecule has 0 saturated carbocycles. The fourth-order valence-corrected chi connectivity index (χ4v) is 3.21. The van der Waals surface area contributed by atoms with Crippen molar-refractivity contribution in [1.29, 1.82) is 0 Å². The van der Waals surface area contributed by atoms with E-state index < -0.39 is 5.97 Å². The summed E-state index contributed by atoms with van der Waals surface area (Å²) in [6.07, 6.45) is 0. The molecule has 0 aliphatic rings. The van der Waals surface area contributed by atoms with Gasteiger partial charge in [0.05, 0.1) is 27.0 Å². The van der Waals surface area contributed by atoms with Gasteiger partial charge in [0.1, 0.15) is 17.9 Å². The van der Waals surface area contributed by atoms with Gasteiger partial charge in [-0.3, -0.25) is 0 Å². The molecule has 0 saturated heterocycles. The summed E-state index contributed by atoms with van der Waals surface area (Å²) in [5.74, 6) is 1.09. The Morgan fingerprint density at radius 1 is 1.04 bits per heavy atom. The SMILES string of the molecule is COc1ccc(Nc2nc(COC(=O)c3cccc(OC)c3OC)cs2)cc1. The van der Waals surface area contributed by atoms with E-state index in [0.717, 1.165) is 11.4 Å². The highest BCUT2D eigenvalue weighted by atomic mass is 32.1. The highest BCUT2D eigenvalue weighted by Gasteiger charge is 2.18. The molecule has 0 aliphatic carbocycles. The van der Waals surface area contributed by atoms with Crippen molar-refractivity contribution in [3.63, 3.8) is 0 Å². The molecule has 0 amide bonds. The van der Waals surface area contributed by atoms with Crippen LogP contribution in [0.5, 0.6) is 17.2 Å². The van der Waals surface area contributed by atoms with Gasteiger partial charge in [-0.2, -0.15) is 0 Å². The third-order valence-corrected chi connectivity index (χ3v) is 4.67. The van der Waals surface area contributed by atoms with Crippen LogP contribution in [0.3, 0.4) is 0 Å². The molecule has 0 fully saturated rings. The van der Waals surface area contributed by atoms with Crippen molar-refractivity contribution in [3.8, 4) is 17.2 Å². The van der Waals surface area contributed by atoms with Crippen LogP contribution in [0.1, 0.15) is 16.1 Å². The number of nitrogens with zero attached hydrogens (tertiary/aromatic N) is 1. The molecule has 0 bridgehead atoms. The molecule has 1 heterocycles. The lowest BCUT2D eigenvalue weighted by Crippen LogP contribution is -2.08. The lowest BCUT2D eigenvalue weighted by Gasteiger charge is -2.11. The first-order valence-corrected chi connectivity index (χ1v) is 9.26. The van der Waals surface area contributed by atoms with E-state index in [2.05, 4.69) is 10.3 Å². The topological polar surface area (TPSA) is 78.9 Å². The second-order valence-electron chi connectivity index (χ2n) is 5.61. The van der Waals surface area contributed by atoms with Gasteiger partial charge in [-0.15, -0.1) is 11.3 Å². The molecule has 7 nitrogen and oxygen atoms in total. The third kappa shape index (κ3) is 4.52. The van der Waals surface area contributed by atoms with Crippen LogP contribution in [-0.4, -0.2) is 32.3 Å². The molecule has 0 atom stereocenters. The maximum Gasteiger partial charge on any atom is 0.342 e. The van der Waals surface area contributed by atoms with Crippen molar-refractivity contribution < 1.29 is 23.7 Å². The number of carbonyl (C=O) groups is 1. The summed E-state index contributed by atoms with van der Waals surface area (Å²) in [5.41, 5.74) is 1.84. The first kappa shape index (κ1) is 19.5. The zero-order valence-electron chi connectivity index (χ0n) is 15.7. The Kier molecular flexibility index (Phi) is 6.33. The van der Waals surface area contributed by atoms with E-state index in [4.69, 9.17) is 18.9 Å². The fourth-order valence-electron chi connectivity index (χ4n) is 2.49. The van der Waals surface area contributed by atoms with Gasteiger partial charge in [0, 0.05) is 11.1 Å². The number of thiazole rings is 1. The summed E-state index contributed by atoms with van der Waals surface area (Å²) in [5, 5.41) is 5.74. The Morgan fingerprint density at radius 2 is 1.82 bits per heavy atom. The average Bonchev–Trinajstić information content (AvgIpc) is 3.19. The number of esters is 1. The summed E-state index contributed by atoms with van der Waals surface area (Å²) in [6, 6.07) is 12.6. The number of aromatic nitrogens is 1. The summed E-state index contributed by atoms with van der Waals surface area (Å²) in [7, 11) is 4.61. The van der Waals surface area contributed by atoms with Crippen LogP contribution in [0.2, 0.25) is 0 Å². The lowest BCUT2D eigenvalue weighted by atomic mass is 10.2. The number of ether oxygens (including phenoxy) is 4. The van der Waals surface area contributed by atoms with Crippen molar-refractivity contribution in [2.24, 2.45) is 0 Å². The van der Waals surface area contributed by atoms with Crippen LogP contribution in [0.25, 0.3) is 0 Å². The molecule has 0 unspecified atom stereocenters. The number of benzene rings is 2. The maximum absolute atomic E-state index is 12.4. The third-order valence-electron chi connectivity index (χ3n) is 3.87. The summed E-state index contributed by atoms with van der Waals surface area (Å²) in [6.45, 7) is 0.0555. The fraction of sp³-hybridized carbons (Fsp3) is 0.200. The summed E-state index contributed by atoms with van der Waals surface area (Å²) < 4.78 is 21.0. The Balaban J connectivity index is 1.62. The Bertz CT molecular complexity index is 940. The van der Waals surface area contributed by atoms with Crippen molar-refractivity contribution in [3.05, 3.63) is 59.1 Å². The van der Waals surface area contributed by atoms with Gasteiger partial charge in [-0.25, -0.2) is 9.78 Å². The number of hydrogen-bond acceptors (Lipinski definition) is 8. The zero-order valence-corrected chi connectivity index (χ0v) is 16.5. The van der Waals surface area contributed by atoms with Gasteiger partial charge in [0.25, 0.3) is 0 Å². The largest absolute Gasteiger partial charge is 0.497 e. The van der Waals surface area contributed by atoms with Crippen LogP contribution < -0.4 is 19.5 Å². The molecule has 146 valence electrons. The molecule has 3 aromatic rings. The molecule has 1 aromatic heterocycles. The molecule has 2 aromatic carbocycles. The van der Waals surface area contributed by atoms with Crippen LogP contribution in [0.4, 0.5) is 10.8 Å². The Hall–Kier alpha value is -3.26. The maximum atomic E-state index is 12.4. The van der Waals surface area contributed by atoms with Gasteiger partial charge in [-0.05, 0) is 36.4 Å². The molecule has 1 N–H and O–H groups in total. The minimum Gasteiger partial charge on any atom is -0.497 e. The Morgan fingerprint density at radius 3 is 2.50 bits per heavy atom. The smallest absolute Gasteiger partial charge is 0.342 e. The van der Waals surface area contributed by atoms with Crippen molar-refractivity contribution in [2.75, 3.05) is 26.6 Å². The van der Waals surface area contributed by atoms with Crippen LogP contribution in [-0.2, 0) is 11.3 Å². The number of hydrogen-bond donors (Lipinski definition) is 1. The minimum atomic E-state index is -0.506. The number of nitrogens with one attached hydrogen (secondary N) is 1. The van der Waals surface area contributed by atoms with Crippen molar-refractivity contribution in [2.45, 2.75) is 6.61 Å². The van der Waals surface area contributed by atoms with E-state index in [0.29, 0.717) is 27.9 Å². The van der Waals surface area contributed by atoms with Gasteiger partial charge < -0.3 is 24.3 Å². The van der Waals surface area contributed by atoms with Gasteiger partial charge >= 0.3 is 5.97 Å². The molecular formula is C20H20N2O5S. The number of methoxy groups -OCH3 is 3. The zero-order chi connectivity index (χ0) is 19.9. The predicted octanol–water partition coefficient (Wildman–Crippen LogP) is 4.27. The summed E-state index contributed by atoms with van der Waals surface area (Å²) >= 11 is 1.43. The summed E-state index contributed by atoms with van der Waals surface area (Å²) in [4.78, 5) is 16.8. The number of para-hydroxylation sites is 1. The van der Waals surface area contributed by atoms with Crippen LogP contribution >= 0.6 is 11.3 Å². The van der Waals surface area contributed by atoms with Crippen LogP contribution in [0.15, 0.2) is 47.8 Å². The van der Waals surface area contributed by atoms with E-state index in [1.54, 1.807) is 25.3 Å². The quantitative estimate of drug-likeness (QED) is 0.566. The van der Waals surface area contributed by atoms with E-state index in [1.807, 2.05) is 29.6 Å². The van der Waals surface area contributed by atoms with Gasteiger partial charge in [0.2, 0.25) is 0 Å².